The molecule has 1 heterocycles. The number of benzene rings is 2. The minimum Gasteiger partial charge on any atom is -0.337 e. The molecule has 0 spiro atoms. The van der Waals surface area contributed by atoms with Gasteiger partial charge in [0.2, 0.25) is 5.52 Å². The zero-order valence-corrected chi connectivity index (χ0v) is 11.6. The summed E-state index contributed by atoms with van der Waals surface area (Å²) in [5.41, 5.74) is 4.89. The van der Waals surface area contributed by atoms with Crippen LogP contribution in [0.5, 0.6) is 0 Å². The van der Waals surface area contributed by atoms with E-state index in [0.717, 1.165) is 27.9 Å². The molecule has 0 fully saturated rings. The van der Waals surface area contributed by atoms with E-state index in [1.807, 2.05) is 66.2 Å². The summed E-state index contributed by atoms with van der Waals surface area (Å²) >= 11 is 0. The number of aliphatic hydroxyl groups excluding tert-OH is 1. The number of rotatable bonds is 2. The lowest BCUT2D eigenvalue weighted by atomic mass is 10.1. The molecule has 0 bridgehead atoms. The van der Waals surface area contributed by atoms with Gasteiger partial charge < -0.3 is 5.11 Å². The Hall–Kier alpha value is -2.26. The molecular formula is C17H17N2O+. The second-order valence-corrected chi connectivity index (χ2v) is 5.02. The lowest BCUT2D eigenvalue weighted by Crippen LogP contribution is -2.38. The van der Waals surface area contributed by atoms with Gasteiger partial charge in [0.05, 0.1) is 0 Å². The van der Waals surface area contributed by atoms with Gasteiger partial charge in [-0.2, -0.15) is 4.57 Å². The van der Waals surface area contributed by atoms with Crippen molar-refractivity contribution in [3.8, 4) is 11.3 Å². The van der Waals surface area contributed by atoms with E-state index in [4.69, 9.17) is 4.98 Å². The highest BCUT2D eigenvalue weighted by atomic mass is 16.3. The molecule has 1 N–H and O–H groups in total. The van der Waals surface area contributed by atoms with Gasteiger partial charge in [-0.05, 0) is 18.6 Å². The maximum atomic E-state index is 10.0. The summed E-state index contributed by atoms with van der Waals surface area (Å²) in [6.07, 6.45) is 1.31. The van der Waals surface area contributed by atoms with Crippen LogP contribution >= 0.6 is 0 Å². The monoisotopic (exact) mass is 265 g/mol. The molecule has 20 heavy (non-hydrogen) atoms. The number of nitrogens with zero attached hydrogens (tertiary/aromatic N) is 2. The highest BCUT2D eigenvalue weighted by Crippen LogP contribution is 2.19. The number of aliphatic hydroxyl groups is 1. The van der Waals surface area contributed by atoms with Gasteiger partial charge in [0.15, 0.2) is 6.20 Å². The van der Waals surface area contributed by atoms with Crippen LogP contribution in [0.3, 0.4) is 0 Å². The summed E-state index contributed by atoms with van der Waals surface area (Å²) in [5.74, 6) is 0. The molecule has 3 aromatic rings. The van der Waals surface area contributed by atoms with Crippen LogP contribution < -0.4 is 4.57 Å². The number of hydrogen-bond acceptors (Lipinski definition) is 2. The second kappa shape index (κ2) is 5.02. The maximum Gasteiger partial charge on any atom is 0.257 e. The molecule has 0 aliphatic carbocycles. The number of hydrogen-bond donors (Lipinski definition) is 1. The SMILES string of the molecule is Cc1ccc2nc(-c3ccccc3)c[n+](C(C)O)c2c1. The third kappa shape index (κ3) is 2.28. The summed E-state index contributed by atoms with van der Waals surface area (Å²) in [6.45, 7) is 3.80. The normalized spacial score (nSPS) is 12.6. The largest absolute Gasteiger partial charge is 0.337 e. The molecule has 3 rings (SSSR count). The first-order valence-electron chi connectivity index (χ1n) is 6.71. The Morgan fingerprint density at radius 3 is 2.55 bits per heavy atom. The van der Waals surface area contributed by atoms with Gasteiger partial charge in [-0.3, -0.25) is 0 Å². The van der Waals surface area contributed by atoms with E-state index in [-0.39, 0.29) is 0 Å². The van der Waals surface area contributed by atoms with Crippen LogP contribution in [0.1, 0.15) is 18.7 Å². The first kappa shape index (κ1) is 12.8. The van der Waals surface area contributed by atoms with Gasteiger partial charge in [-0.15, -0.1) is 0 Å². The van der Waals surface area contributed by atoms with E-state index >= 15 is 0 Å². The van der Waals surface area contributed by atoms with Gasteiger partial charge >= 0.3 is 0 Å². The van der Waals surface area contributed by atoms with Crippen LogP contribution in [0.15, 0.2) is 54.7 Å². The molecule has 100 valence electrons. The molecule has 1 aromatic heterocycles. The van der Waals surface area contributed by atoms with Gasteiger partial charge in [0.1, 0.15) is 11.2 Å². The molecule has 0 saturated carbocycles. The van der Waals surface area contributed by atoms with Crippen molar-refractivity contribution in [3.05, 3.63) is 60.3 Å². The van der Waals surface area contributed by atoms with E-state index < -0.39 is 6.23 Å². The Morgan fingerprint density at radius 1 is 1.10 bits per heavy atom. The molecule has 2 aromatic carbocycles. The Kier molecular flexibility index (Phi) is 3.20. The van der Waals surface area contributed by atoms with Crippen molar-refractivity contribution in [2.75, 3.05) is 0 Å². The molecule has 0 aliphatic rings. The van der Waals surface area contributed by atoms with Gasteiger partial charge in [0.25, 0.3) is 6.23 Å². The standard InChI is InChI=1S/C17H17N2O/c1-12-8-9-15-17(10-12)19(13(2)20)11-16(18-15)14-6-4-3-5-7-14/h3-11,13,20H,1-2H3/q+1. The average Bonchev–Trinajstić information content (AvgIpc) is 2.47. The van der Waals surface area contributed by atoms with Crippen LogP contribution in [0.4, 0.5) is 0 Å². The van der Waals surface area contributed by atoms with Gasteiger partial charge in [0, 0.05) is 18.6 Å². The van der Waals surface area contributed by atoms with Crippen molar-refractivity contribution in [3.63, 3.8) is 0 Å². The lowest BCUT2D eigenvalue weighted by Gasteiger charge is -2.07. The van der Waals surface area contributed by atoms with E-state index in [1.54, 1.807) is 6.92 Å². The minimum absolute atomic E-state index is 0.593. The summed E-state index contributed by atoms with van der Waals surface area (Å²) in [5, 5.41) is 10.0. The van der Waals surface area contributed by atoms with Crippen LogP contribution in [0, 0.1) is 6.92 Å². The highest BCUT2D eigenvalue weighted by Gasteiger charge is 2.18. The fourth-order valence-corrected chi connectivity index (χ4v) is 2.35. The van der Waals surface area contributed by atoms with Crippen molar-refractivity contribution in [2.45, 2.75) is 20.1 Å². The zero-order chi connectivity index (χ0) is 14.1. The quantitative estimate of drug-likeness (QED) is 0.723. The van der Waals surface area contributed by atoms with Gasteiger partial charge in [-0.1, -0.05) is 36.4 Å². The highest BCUT2D eigenvalue weighted by molar-refractivity contribution is 5.74. The van der Waals surface area contributed by atoms with E-state index in [1.165, 1.54) is 0 Å². The first-order chi connectivity index (χ1) is 9.65. The molecular weight excluding hydrogens is 248 g/mol. The first-order valence-corrected chi connectivity index (χ1v) is 6.71. The third-order valence-corrected chi connectivity index (χ3v) is 3.38. The van der Waals surface area contributed by atoms with Crippen molar-refractivity contribution in [2.24, 2.45) is 0 Å². The van der Waals surface area contributed by atoms with Gasteiger partial charge in [-0.25, -0.2) is 4.98 Å². The molecule has 1 unspecified atom stereocenters. The van der Waals surface area contributed by atoms with Crippen LogP contribution in [0.2, 0.25) is 0 Å². The van der Waals surface area contributed by atoms with E-state index in [2.05, 4.69) is 0 Å². The van der Waals surface area contributed by atoms with Crippen LogP contribution in [0.25, 0.3) is 22.3 Å². The summed E-state index contributed by atoms with van der Waals surface area (Å²) in [4.78, 5) is 4.70. The number of aromatic nitrogens is 2. The molecule has 0 radical (unpaired) electrons. The Morgan fingerprint density at radius 2 is 1.85 bits per heavy atom. The smallest absolute Gasteiger partial charge is 0.257 e. The molecule has 0 aliphatic heterocycles. The summed E-state index contributed by atoms with van der Waals surface area (Å²) in [7, 11) is 0. The zero-order valence-electron chi connectivity index (χ0n) is 11.6. The predicted octanol–water partition coefficient (Wildman–Crippen LogP) is 3.01. The van der Waals surface area contributed by atoms with Crippen molar-refractivity contribution < 1.29 is 9.67 Å². The topological polar surface area (TPSA) is 37.0 Å². The number of fused-ring (bicyclic) bond motifs is 1. The van der Waals surface area contributed by atoms with Crippen LogP contribution in [-0.4, -0.2) is 10.1 Å². The molecule has 3 nitrogen and oxygen atoms in total. The third-order valence-electron chi connectivity index (χ3n) is 3.38. The van der Waals surface area contributed by atoms with Crippen molar-refractivity contribution in [1.29, 1.82) is 0 Å². The average molecular weight is 265 g/mol. The Bertz CT molecular complexity index is 752. The second-order valence-electron chi connectivity index (χ2n) is 5.02. The Labute approximate surface area is 118 Å². The summed E-state index contributed by atoms with van der Waals surface area (Å²) in [6, 6.07) is 16.1. The minimum atomic E-state index is -0.593. The van der Waals surface area contributed by atoms with Crippen LogP contribution in [-0.2, 0) is 0 Å². The van der Waals surface area contributed by atoms with E-state index in [9.17, 15) is 5.11 Å². The van der Waals surface area contributed by atoms with E-state index in [0.29, 0.717) is 0 Å². The lowest BCUT2D eigenvalue weighted by molar-refractivity contribution is -0.733. The maximum absolute atomic E-state index is 10.0. The molecule has 3 heteroatoms. The number of aryl methyl sites for hydroxylation is 1. The van der Waals surface area contributed by atoms with Crippen molar-refractivity contribution >= 4 is 11.0 Å². The predicted molar refractivity (Wildman–Crippen MR) is 79.0 cm³/mol. The fraction of sp³-hybridized carbons (Fsp3) is 0.176. The molecule has 0 saturated heterocycles. The Balaban J connectivity index is 2.29. The fourth-order valence-electron chi connectivity index (χ4n) is 2.35. The molecule has 0 amide bonds. The van der Waals surface area contributed by atoms with Crippen molar-refractivity contribution in [1.82, 2.24) is 4.98 Å². The molecule has 1 atom stereocenters. The summed E-state index contributed by atoms with van der Waals surface area (Å²) < 4.78 is 1.86.